The number of aromatic nitrogens is 2. The number of hydrogen-bond acceptors (Lipinski definition) is 3. The SMILES string of the molecule is O=[N+]([O-])c1ccn(CC2CCCCC2)n1. The van der Waals surface area contributed by atoms with Gasteiger partial charge in [-0.1, -0.05) is 19.3 Å². The molecule has 0 atom stereocenters. The first-order valence-electron chi connectivity index (χ1n) is 5.43. The molecule has 1 heterocycles. The Morgan fingerprint density at radius 1 is 1.47 bits per heavy atom. The van der Waals surface area contributed by atoms with Gasteiger partial charge in [0, 0.05) is 0 Å². The summed E-state index contributed by atoms with van der Waals surface area (Å²) in [6.45, 7) is 0.827. The summed E-state index contributed by atoms with van der Waals surface area (Å²) >= 11 is 0. The molecule has 0 unspecified atom stereocenters. The van der Waals surface area contributed by atoms with Crippen LogP contribution in [0.2, 0.25) is 0 Å². The molecule has 2 rings (SSSR count). The minimum absolute atomic E-state index is 0.0502. The van der Waals surface area contributed by atoms with Gasteiger partial charge in [0.1, 0.15) is 0 Å². The summed E-state index contributed by atoms with van der Waals surface area (Å²) in [5.41, 5.74) is 0. The molecule has 15 heavy (non-hydrogen) atoms. The second-order valence-corrected chi connectivity index (χ2v) is 4.16. The van der Waals surface area contributed by atoms with Crippen molar-refractivity contribution in [2.75, 3.05) is 0 Å². The van der Waals surface area contributed by atoms with Crippen molar-refractivity contribution in [2.45, 2.75) is 38.6 Å². The summed E-state index contributed by atoms with van der Waals surface area (Å²) in [6, 6.07) is 1.46. The minimum atomic E-state index is -0.447. The van der Waals surface area contributed by atoms with Crippen LogP contribution >= 0.6 is 0 Å². The van der Waals surface area contributed by atoms with E-state index in [0.717, 1.165) is 6.54 Å². The molecule has 5 nitrogen and oxygen atoms in total. The maximum Gasteiger partial charge on any atom is 0.389 e. The van der Waals surface area contributed by atoms with E-state index >= 15 is 0 Å². The first-order chi connectivity index (χ1) is 7.25. The summed E-state index contributed by atoms with van der Waals surface area (Å²) < 4.78 is 1.70. The standard InChI is InChI=1S/C10H15N3O2/c14-13(15)10-6-7-12(11-10)8-9-4-2-1-3-5-9/h6-7,9H,1-5,8H2. The zero-order valence-electron chi connectivity index (χ0n) is 8.63. The van der Waals surface area contributed by atoms with Crippen LogP contribution in [0.15, 0.2) is 12.3 Å². The average Bonchev–Trinajstić information content (AvgIpc) is 2.68. The third-order valence-electron chi connectivity index (χ3n) is 2.98. The second kappa shape index (κ2) is 4.42. The summed E-state index contributed by atoms with van der Waals surface area (Å²) in [5, 5.41) is 14.4. The summed E-state index contributed by atoms with van der Waals surface area (Å²) in [4.78, 5) is 9.99. The highest BCUT2D eigenvalue weighted by atomic mass is 16.6. The predicted octanol–water partition coefficient (Wildman–Crippen LogP) is 2.37. The molecule has 0 aliphatic heterocycles. The fourth-order valence-corrected chi connectivity index (χ4v) is 2.18. The van der Waals surface area contributed by atoms with Gasteiger partial charge in [0.2, 0.25) is 0 Å². The smallest absolute Gasteiger partial charge is 0.358 e. The van der Waals surface area contributed by atoms with Gasteiger partial charge < -0.3 is 10.1 Å². The number of nitrogens with zero attached hydrogens (tertiary/aromatic N) is 3. The van der Waals surface area contributed by atoms with Crippen LogP contribution in [-0.2, 0) is 6.54 Å². The lowest BCUT2D eigenvalue weighted by atomic mass is 9.89. The molecule has 5 heteroatoms. The Morgan fingerprint density at radius 2 is 2.20 bits per heavy atom. The van der Waals surface area contributed by atoms with Crippen molar-refractivity contribution in [3.8, 4) is 0 Å². The molecule has 0 saturated heterocycles. The lowest BCUT2D eigenvalue weighted by Gasteiger charge is -2.19. The first-order valence-corrected chi connectivity index (χ1v) is 5.43. The van der Waals surface area contributed by atoms with Crippen molar-refractivity contribution in [2.24, 2.45) is 5.92 Å². The van der Waals surface area contributed by atoms with Crippen molar-refractivity contribution in [3.05, 3.63) is 22.4 Å². The van der Waals surface area contributed by atoms with Gasteiger partial charge in [0.05, 0.1) is 23.9 Å². The van der Waals surface area contributed by atoms with Crippen molar-refractivity contribution in [1.29, 1.82) is 0 Å². The third kappa shape index (κ3) is 2.55. The Balaban J connectivity index is 1.94. The molecule has 1 aromatic rings. The number of nitro groups is 1. The van der Waals surface area contributed by atoms with Gasteiger partial charge >= 0.3 is 5.82 Å². The van der Waals surface area contributed by atoms with Crippen LogP contribution in [0, 0.1) is 16.0 Å². The Morgan fingerprint density at radius 3 is 2.80 bits per heavy atom. The second-order valence-electron chi connectivity index (χ2n) is 4.16. The van der Waals surface area contributed by atoms with Crippen LogP contribution in [0.4, 0.5) is 5.82 Å². The van der Waals surface area contributed by atoms with Crippen LogP contribution in [0.1, 0.15) is 32.1 Å². The van der Waals surface area contributed by atoms with E-state index in [9.17, 15) is 10.1 Å². The van der Waals surface area contributed by atoms with E-state index in [1.807, 2.05) is 0 Å². The van der Waals surface area contributed by atoms with Crippen molar-refractivity contribution in [1.82, 2.24) is 9.78 Å². The van der Waals surface area contributed by atoms with Gasteiger partial charge in [0.15, 0.2) is 0 Å². The normalized spacial score (nSPS) is 17.9. The maximum absolute atomic E-state index is 10.4. The van der Waals surface area contributed by atoms with Crippen molar-refractivity contribution in [3.63, 3.8) is 0 Å². The van der Waals surface area contributed by atoms with Gasteiger partial charge in [-0.2, -0.15) is 4.68 Å². The van der Waals surface area contributed by atoms with Crippen LogP contribution < -0.4 is 0 Å². The average molecular weight is 209 g/mol. The zero-order valence-corrected chi connectivity index (χ0v) is 8.63. The van der Waals surface area contributed by atoms with Crippen LogP contribution in [0.5, 0.6) is 0 Å². The number of rotatable bonds is 3. The highest BCUT2D eigenvalue weighted by molar-refractivity contribution is 5.13. The monoisotopic (exact) mass is 209 g/mol. The summed E-state index contributed by atoms with van der Waals surface area (Å²) in [5.74, 6) is 0.601. The van der Waals surface area contributed by atoms with E-state index in [0.29, 0.717) is 5.92 Å². The Kier molecular flexibility index (Phi) is 2.99. The molecule has 1 fully saturated rings. The van der Waals surface area contributed by atoms with E-state index in [1.54, 1.807) is 10.9 Å². The molecule has 0 N–H and O–H groups in total. The van der Waals surface area contributed by atoms with E-state index in [2.05, 4.69) is 5.10 Å². The predicted molar refractivity (Wildman–Crippen MR) is 55.5 cm³/mol. The molecule has 1 aliphatic carbocycles. The third-order valence-corrected chi connectivity index (χ3v) is 2.98. The Labute approximate surface area is 88.2 Å². The first kappa shape index (κ1) is 10.1. The molecule has 1 aliphatic rings. The summed E-state index contributed by atoms with van der Waals surface area (Å²) in [7, 11) is 0. The molecule has 0 aromatic carbocycles. The van der Waals surface area contributed by atoms with Gasteiger partial charge in [0.25, 0.3) is 0 Å². The fraction of sp³-hybridized carbons (Fsp3) is 0.700. The molecular formula is C10H15N3O2. The van der Waals surface area contributed by atoms with Crippen molar-refractivity contribution >= 4 is 5.82 Å². The van der Waals surface area contributed by atoms with Gasteiger partial charge in [-0.25, -0.2) is 0 Å². The Hall–Kier alpha value is -1.39. The highest BCUT2D eigenvalue weighted by Gasteiger charge is 2.17. The molecule has 0 spiro atoms. The van der Waals surface area contributed by atoms with E-state index in [-0.39, 0.29) is 5.82 Å². The minimum Gasteiger partial charge on any atom is -0.358 e. The number of hydrogen-bond donors (Lipinski definition) is 0. The molecular weight excluding hydrogens is 194 g/mol. The Bertz CT molecular complexity index is 342. The fourth-order valence-electron chi connectivity index (χ4n) is 2.18. The molecule has 82 valence electrons. The zero-order chi connectivity index (χ0) is 10.7. The molecule has 0 bridgehead atoms. The molecule has 0 radical (unpaired) electrons. The van der Waals surface area contributed by atoms with Crippen LogP contribution in [0.25, 0.3) is 0 Å². The van der Waals surface area contributed by atoms with E-state index in [4.69, 9.17) is 0 Å². The topological polar surface area (TPSA) is 61.0 Å². The molecule has 0 amide bonds. The van der Waals surface area contributed by atoms with Crippen molar-refractivity contribution < 1.29 is 4.92 Å². The van der Waals surface area contributed by atoms with E-state index in [1.165, 1.54) is 38.2 Å². The lowest BCUT2D eigenvalue weighted by molar-refractivity contribution is -0.389. The van der Waals surface area contributed by atoms with Gasteiger partial charge in [-0.3, -0.25) is 0 Å². The molecule has 1 saturated carbocycles. The lowest BCUT2D eigenvalue weighted by Crippen LogP contribution is -2.14. The summed E-state index contributed by atoms with van der Waals surface area (Å²) in [6.07, 6.45) is 8.06. The highest BCUT2D eigenvalue weighted by Crippen LogP contribution is 2.25. The van der Waals surface area contributed by atoms with Gasteiger partial charge in [-0.15, -0.1) is 0 Å². The van der Waals surface area contributed by atoms with Crippen LogP contribution in [-0.4, -0.2) is 14.7 Å². The van der Waals surface area contributed by atoms with Crippen LogP contribution in [0.3, 0.4) is 0 Å². The van der Waals surface area contributed by atoms with E-state index < -0.39 is 4.92 Å². The van der Waals surface area contributed by atoms with Gasteiger partial charge in [-0.05, 0) is 23.7 Å². The largest absolute Gasteiger partial charge is 0.389 e. The quantitative estimate of drug-likeness (QED) is 0.567. The maximum atomic E-state index is 10.4. The molecule has 1 aromatic heterocycles.